The molecule has 2 aromatic heterocycles. The summed E-state index contributed by atoms with van der Waals surface area (Å²) >= 11 is 0. The minimum absolute atomic E-state index is 0.0281. The molecule has 0 atom stereocenters. The molecule has 0 aliphatic rings. The van der Waals surface area contributed by atoms with Gasteiger partial charge in [-0.2, -0.15) is 0 Å². The highest BCUT2D eigenvalue weighted by Crippen LogP contribution is 2.38. The van der Waals surface area contributed by atoms with E-state index >= 15 is 0 Å². The van der Waals surface area contributed by atoms with Crippen molar-refractivity contribution < 1.29 is 4.42 Å². The summed E-state index contributed by atoms with van der Waals surface area (Å²) in [6.45, 7) is 13.4. The van der Waals surface area contributed by atoms with Crippen LogP contribution in [0.4, 0.5) is 0 Å². The molecular weight excluding hydrogens is 414 g/mol. The van der Waals surface area contributed by atoms with Gasteiger partial charge in [-0.05, 0) is 70.3 Å². The Kier molecular flexibility index (Phi) is 5.56. The third-order valence-electron chi connectivity index (χ3n) is 6.57. The van der Waals surface area contributed by atoms with Crippen LogP contribution in [0.3, 0.4) is 0 Å². The molecule has 0 radical (unpaired) electrons. The van der Waals surface area contributed by atoms with E-state index in [1.807, 2.05) is 6.26 Å². The minimum Gasteiger partial charge on any atom is -0.462 e. The molecule has 0 bridgehead atoms. The molecule has 0 amide bonds. The average Bonchev–Trinajstić information content (AvgIpc) is 3.18. The van der Waals surface area contributed by atoms with Crippen LogP contribution in [-0.2, 0) is 11.8 Å². The van der Waals surface area contributed by atoms with Gasteiger partial charge in [0.05, 0.1) is 12.0 Å². The van der Waals surface area contributed by atoms with Gasteiger partial charge in [-0.25, -0.2) is 4.98 Å². The van der Waals surface area contributed by atoms with E-state index in [2.05, 4.69) is 108 Å². The molecule has 5 rings (SSSR count). The van der Waals surface area contributed by atoms with Crippen molar-refractivity contribution in [2.75, 3.05) is 0 Å². The molecule has 0 aliphatic heterocycles. The summed E-state index contributed by atoms with van der Waals surface area (Å²) in [7, 11) is 0. The van der Waals surface area contributed by atoms with Crippen LogP contribution >= 0.6 is 0 Å². The van der Waals surface area contributed by atoms with Crippen molar-refractivity contribution in [3.8, 4) is 22.4 Å². The van der Waals surface area contributed by atoms with Gasteiger partial charge in [-0.3, -0.25) is 0 Å². The Morgan fingerprint density at radius 1 is 0.882 bits per heavy atom. The van der Waals surface area contributed by atoms with E-state index in [9.17, 15) is 0 Å². The van der Waals surface area contributed by atoms with Crippen molar-refractivity contribution in [2.24, 2.45) is 5.92 Å². The lowest BCUT2D eigenvalue weighted by Gasteiger charge is -2.23. The zero-order chi connectivity index (χ0) is 24.0. The van der Waals surface area contributed by atoms with E-state index in [1.165, 1.54) is 21.9 Å². The van der Waals surface area contributed by atoms with E-state index in [0.29, 0.717) is 5.92 Å². The van der Waals surface area contributed by atoms with Crippen molar-refractivity contribution >= 4 is 21.9 Å². The van der Waals surface area contributed by atoms with Gasteiger partial charge in [0.25, 0.3) is 0 Å². The Labute approximate surface area is 202 Å². The van der Waals surface area contributed by atoms with Gasteiger partial charge in [0.15, 0.2) is 5.58 Å². The Hall–Kier alpha value is -3.39. The molecule has 2 heterocycles. The minimum atomic E-state index is 0.0281. The quantitative estimate of drug-likeness (QED) is 0.274. The smallest absolute Gasteiger partial charge is 0.160 e. The van der Waals surface area contributed by atoms with Crippen LogP contribution in [0.25, 0.3) is 44.3 Å². The van der Waals surface area contributed by atoms with Crippen molar-refractivity contribution in [3.05, 3.63) is 89.7 Å². The third kappa shape index (κ3) is 4.14. The summed E-state index contributed by atoms with van der Waals surface area (Å²) in [5, 5.41) is 2.55. The molecule has 0 unspecified atom stereocenters. The molecule has 34 heavy (non-hydrogen) atoms. The Morgan fingerprint density at radius 2 is 1.62 bits per heavy atom. The molecule has 0 saturated heterocycles. The summed E-state index contributed by atoms with van der Waals surface area (Å²) in [5.41, 5.74) is 9.96. The van der Waals surface area contributed by atoms with Gasteiger partial charge >= 0.3 is 0 Å². The number of pyridine rings is 1. The zero-order valence-corrected chi connectivity index (χ0v) is 21.1. The van der Waals surface area contributed by atoms with Gasteiger partial charge in [0.1, 0.15) is 5.52 Å². The lowest BCUT2D eigenvalue weighted by Crippen LogP contribution is -2.12. The second-order valence-electron chi connectivity index (χ2n) is 10.9. The summed E-state index contributed by atoms with van der Waals surface area (Å²) < 4.78 is 6.01. The Balaban J connectivity index is 1.72. The van der Waals surface area contributed by atoms with Crippen LogP contribution < -0.4 is 0 Å². The first-order valence-corrected chi connectivity index (χ1v) is 12.2. The number of hydrogen-bond acceptors (Lipinski definition) is 2. The first-order chi connectivity index (χ1) is 16.2. The van der Waals surface area contributed by atoms with E-state index in [-0.39, 0.29) is 5.41 Å². The van der Waals surface area contributed by atoms with Crippen molar-refractivity contribution in [1.82, 2.24) is 4.98 Å². The van der Waals surface area contributed by atoms with Crippen molar-refractivity contribution in [3.63, 3.8) is 0 Å². The second-order valence-corrected chi connectivity index (χ2v) is 10.9. The zero-order valence-electron chi connectivity index (χ0n) is 21.1. The fourth-order valence-electron chi connectivity index (χ4n) is 4.86. The highest BCUT2D eigenvalue weighted by Gasteiger charge is 2.20. The highest BCUT2D eigenvalue weighted by atomic mass is 16.3. The highest BCUT2D eigenvalue weighted by molar-refractivity contribution is 5.96. The molecule has 0 spiro atoms. The van der Waals surface area contributed by atoms with Gasteiger partial charge in [0, 0.05) is 16.7 Å². The fraction of sp³-hybridized carbons (Fsp3) is 0.281. The number of aryl methyl sites for hydroxylation is 1. The maximum absolute atomic E-state index is 6.01. The molecule has 3 aromatic carbocycles. The Morgan fingerprint density at radius 3 is 2.32 bits per heavy atom. The molecule has 0 N–H and O–H groups in total. The number of aromatic nitrogens is 1. The summed E-state index contributed by atoms with van der Waals surface area (Å²) in [6.07, 6.45) is 2.91. The predicted octanol–water partition coefficient (Wildman–Crippen LogP) is 9.12. The third-order valence-corrected chi connectivity index (χ3v) is 6.57. The first kappa shape index (κ1) is 22.4. The molecule has 5 aromatic rings. The van der Waals surface area contributed by atoms with Crippen molar-refractivity contribution in [2.45, 2.75) is 53.4 Å². The number of nitrogens with zero attached hydrogens (tertiary/aromatic N) is 1. The van der Waals surface area contributed by atoms with Gasteiger partial charge in [-0.15, -0.1) is 0 Å². The SMILES string of the molecule is Cc1coc2c(-c3ccc(CC(C)C)cc3)cc(-c3cc(C(C)(C)C)c4ccccc4c3)nc12. The predicted molar refractivity (Wildman–Crippen MR) is 144 cm³/mol. The largest absolute Gasteiger partial charge is 0.462 e. The normalized spacial score (nSPS) is 12.2. The second kappa shape index (κ2) is 8.43. The maximum Gasteiger partial charge on any atom is 0.160 e. The van der Waals surface area contributed by atoms with E-state index < -0.39 is 0 Å². The van der Waals surface area contributed by atoms with Crippen LogP contribution in [0.5, 0.6) is 0 Å². The Bertz CT molecular complexity index is 1480. The first-order valence-electron chi connectivity index (χ1n) is 12.2. The van der Waals surface area contributed by atoms with Crippen LogP contribution in [-0.4, -0.2) is 4.98 Å². The van der Waals surface area contributed by atoms with Crippen LogP contribution in [0.2, 0.25) is 0 Å². The van der Waals surface area contributed by atoms with E-state index in [4.69, 9.17) is 9.40 Å². The van der Waals surface area contributed by atoms with Crippen LogP contribution in [0.15, 0.2) is 77.4 Å². The molecule has 172 valence electrons. The molecule has 2 nitrogen and oxygen atoms in total. The van der Waals surface area contributed by atoms with Gasteiger partial charge in [0.2, 0.25) is 0 Å². The fourth-order valence-corrected chi connectivity index (χ4v) is 4.86. The summed E-state index contributed by atoms with van der Waals surface area (Å²) in [6, 6.07) is 24.4. The summed E-state index contributed by atoms with van der Waals surface area (Å²) in [5.74, 6) is 0.641. The monoisotopic (exact) mass is 447 g/mol. The van der Waals surface area contributed by atoms with Gasteiger partial charge in [-0.1, -0.05) is 83.1 Å². The molecule has 0 saturated carbocycles. The van der Waals surface area contributed by atoms with Gasteiger partial charge < -0.3 is 4.42 Å². The average molecular weight is 448 g/mol. The van der Waals surface area contributed by atoms with E-state index in [1.54, 1.807) is 0 Å². The molecule has 0 aliphatic carbocycles. The topological polar surface area (TPSA) is 26.0 Å². The number of fused-ring (bicyclic) bond motifs is 2. The van der Waals surface area contributed by atoms with Crippen molar-refractivity contribution in [1.29, 1.82) is 0 Å². The molecular formula is C32H33NO. The lowest BCUT2D eigenvalue weighted by atomic mass is 9.82. The maximum atomic E-state index is 6.01. The van der Waals surface area contributed by atoms with Crippen LogP contribution in [0, 0.1) is 12.8 Å². The standard InChI is InChI=1S/C32H33NO/c1-20(2)15-22-11-13-23(14-12-22)27-18-29(33-30-21(3)19-34-31(27)30)25-16-24-9-7-8-10-26(24)28(17-25)32(4,5)6/h7-14,16-20H,15H2,1-6H3. The number of rotatable bonds is 4. The molecule has 2 heteroatoms. The number of benzene rings is 3. The number of furan rings is 1. The summed E-state index contributed by atoms with van der Waals surface area (Å²) in [4.78, 5) is 5.08. The number of hydrogen-bond donors (Lipinski definition) is 0. The van der Waals surface area contributed by atoms with E-state index in [0.717, 1.165) is 45.5 Å². The molecule has 0 fully saturated rings. The lowest BCUT2D eigenvalue weighted by molar-refractivity contribution is 0.596. The van der Waals surface area contributed by atoms with Crippen LogP contribution in [0.1, 0.15) is 51.3 Å².